The second-order valence-corrected chi connectivity index (χ2v) is 4.76. The molecule has 0 radical (unpaired) electrons. The number of carbonyl (C=O) groups excluding carboxylic acids is 1. The third-order valence-corrected chi connectivity index (χ3v) is 3.08. The highest BCUT2D eigenvalue weighted by atomic mass is 35.5. The minimum Gasteiger partial charge on any atom is -0.477 e. The average Bonchev–Trinajstić information content (AvgIpc) is 2.47. The molecule has 6 nitrogen and oxygen atoms in total. The smallest absolute Gasteiger partial charge is 0.406 e. The molecule has 21 heavy (non-hydrogen) atoms. The Morgan fingerprint density at radius 3 is 2.81 bits per heavy atom. The SMILES string of the molecule is O=C(COc1cccnc1[N+](=O)[O-])c1cc(Cl)ccc1Cl. The molecule has 0 unspecified atom stereocenters. The van der Waals surface area contributed by atoms with Crippen LogP contribution in [0.15, 0.2) is 36.5 Å². The summed E-state index contributed by atoms with van der Waals surface area (Å²) < 4.78 is 5.15. The van der Waals surface area contributed by atoms with Crippen molar-refractivity contribution in [3.8, 4) is 5.75 Å². The molecular formula is C13H8Cl2N2O4. The van der Waals surface area contributed by atoms with Crippen LogP contribution in [0.3, 0.4) is 0 Å². The van der Waals surface area contributed by atoms with E-state index >= 15 is 0 Å². The van der Waals surface area contributed by atoms with Gasteiger partial charge in [0.2, 0.25) is 11.5 Å². The van der Waals surface area contributed by atoms with Crippen LogP contribution in [0.25, 0.3) is 0 Å². The largest absolute Gasteiger partial charge is 0.477 e. The van der Waals surface area contributed by atoms with Crippen LogP contribution < -0.4 is 4.74 Å². The molecule has 0 spiro atoms. The van der Waals surface area contributed by atoms with E-state index in [1.807, 2.05) is 0 Å². The Labute approximate surface area is 129 Å². The summed E-state index contributed by atoms with van der Waals surface area (Å²) in [4.78, 5) is 25.7. The zero-order valence-corrected chi connectivity index (χ0v) is 12.0. The van der Waals surface area contributed by atoms with Gasteiger partial charge in [-0.2, -0.15) is 0 Å². The van der Waals surface area contributed by atoms with Gasteiger partial charge in [-0.25, -0.2) is 0 Å². The summed E-state index contributed by atoms with van der Waals surface area (Å²) in [7, 11) is 0. The number of aromatic nitrogens is 1. The van der Waals surface area contributed by atoms with E-state index in [9.17, 15) is 14.9 Å². The number of Topliss-reactive ketones (excluding diaryl/α,β-unsaturated/α-hetero) is 1. The number of nitrogens with zero attached hydrogens (tertiary/aromatic N) is 2. The number of ether oxygens (including phenoxy) is 1. The predicted octanol–water partition coefficient (Wildman–Crippen LogP) is 3.56. The summed E-state index contributed by atoms with van der Waals surface area (Å²) in [6.07, 6.45) is 1.26. The lowest BCUT2D eigenvalue weighted by molar-refractivity contribution is -0.390. The first kappa shape index (κ1) is 15.2. The van der Waals surface area contributed by atoms with E-state index in [4.69, 9.17) is 27.9 Å². The minimum atomic E-state index is -0.688. The summed E-state index contributed by atoms with van der Waals surface area (Å²) in [6.45, 7) is -0.410. The molecule has 0 saturated heterocycles. The summed E-state index contributed by atoms with van der Waals surface area (Å²) >= 11 is 11.7. The van der Waals surface area contributed by atoms with Gasteiger partial charge in [0.05, 0.1) is 5.02 Å². The average molecular weight is 327 g/mol. The molecule has 0 fully saturated rings. The van der Waals surface area contributed by atoms with Gasteiger partial charge < -0.3 is 14.9 Å². The van der Waals surface area contributed by atoms with E-state index < -0.39 is 23.1 Å². The molecule has 0 N–H and O–H groups in total. The fourth-order valence-electron chi connectivity index (χ4n) is 1.56. The number of hydrogen-bond acceptors (Lipinski definition) is 5. The van der Waals surface area contributed by atoms with Crippen molar-refractivity contribution in [3.63, 3.8) is 0 Å². The summed E-state index contributed by atoms with van der Waals surface area (Å²) in [5.41, 5.74) is 0.190. The Balaban J connectivity index is 2.15. The first-order valence-electron chi connectivity index (χ1n) is 5.69. The number of ketones is 1. The van der Waals surface area contributed by atoms with Crippen molar-refractivity contribution >= 4 is 34.8 Å². The number of carbonyl (C=O) groups is 1. The van der Waals surface area contributed by atoms with Gasteiger partial charge in [-0.3, -0.25) is 4.79 Å². The zero-order valence-electron chi connectivity index (χ0n) is 10.5. The molecule has 2 rings (SSSR count). The van der Waals surface area contributed by atoms with Gasteiger partial charge in [-0.1, -0.05) is 23.2 Å². The number of rotatable bonds is 5. The molecule has 0 aliphatic heterocycles. The first-order valence-corrected chi connectivity index (χ1v) is 6.45. The van der Waals surface area contributed by atoms with E-state index in [1.165, 1.54) is 30.5 Å². The van der Waals surface area contributed by atoms with E-state index in [0.29, 0.717) is 5.02 Å². The van der Waals surface area contributed by atoms with Gasteiger partial charge in [0.15, 0.2) is 6.61 Å². The fraction of sp³-hybridized carbons (Fsp3) is 0.0769. The van der Waals surface area contributed by atoms with Gasteiger partial charge in [-0.15, -0.1) is 0 Å². The van der Waals surface area contributed by atoms with Crippen LogP contribution in [-0.4, -0.2) is 22.3 Å². The topological polar surface area (TPSA) is 82.3 Å². The van der Waals surface area contributed by atoms with Crippen molar-refractivity contribution in [1.82, 2.24) is 4.98 Å². The Kier molecular flexibility index (Phi) is 4.72. The second-order valence-electron chi connectivity index (χ2n) is 3.92. The maximum Gasteiger partial charge on any atom is 0.406 e. The Bertz CT molecular complexity index is 706. The molecule has 108 valence electrons. The normalized spacial score (nSPS) is 10.2. The molecule has 8 heteroatoms. The van der Waals surface area contributed by atoms with Gasteiger partial charge in [0.25, 0.3) is 0 Å². The van der Waals surface area contributed by atoms with Crippen molar-refractivity contribution in [2.45, 2.75) is 0 Å². The fourth-order valence-corrected chi connectivity index (χ4v) is 1.96. The van der Waals surface area contributed by atoms with Gasteiger partial charge in [0, 0.05) is 10.6 Å². The molecular weight excluding hydrogens is 319 g/mol. The molecule has 0 saturated carbocycles. The Hall–Kier alpha value is -2.18. The van der Waals surface area contributed by atoms with Gasteiger partial charge in [0.1, 0.15) is 6.20 Å². The lowest BCUT2D eigenvalue weighted by atomic mass is 10.1. The molecule has 2 aromatic rings. The molecule has 1 aromatic heterocycles. The van der Waals surface area contributed by atoms with E-state index in [2.05, 4.69) is 4.98 Å². The Morgan fingerprint density at radius 2 is 2.10 bits per heavy atom. The third-order valence-electron chi connectivity index (χ3n) is 2.51. The van der Waals surface area contributed by atoms with Crippen molar-refractivity contribution in [2.75, 3.05) is 6.61 Å². The summed E-state index contributed by atoms with van der Waals surface area (Å²) in [5, 5.41) is 11.4. The monoisotopic (exact) mass is 326 g/mol. The highest BCUT2D eigenvalue weighted by molar-refractivity contribution is 6.35. The standard InChI is InChI=1S/C13H8Cl2N2O4/c14-8-3-4-10(15)9(6-8)11(18)7-21-12-2-1-5-16-13(12)17(19)20/h1-6H,7H2. The van der Waals surface area contributed by atoms with Gasteiger partial charge in [-0.05, 0) is 40.2 Å². The predicted molar refractivity (Wildman–Crippen MR) is 77.2 cm³/mol. The Morgan fingerprint density at radius 1 is 1.33 bits per heavy atom. The van der Waals surface area contributed by atoms with E-state index in [0.717, 1.165) is 0 Å². The second kappa shape index (κ2) is 6.51. The number of pyridine rings is 1. The number of nitro groups is 1. The maximum atomic E-state index is 12.0. The minimum absolute atomic E-state index is 0.0889. The molecule has 0 bridgehead atoms. The molecule has 0 amide bonds. The van der Waals surface area contributed by atoms with Crippen LogP contribution in [0.2, 0.25) is 10.0 Å². The lowest BCUT2D eigenvalue weighted by Gasteiger charge is -2.07. The van der Waals surface area contributed by atoms with Crippen LogP contribution in [0.5, 0.6) is 5.75 Å². The highest BCUT2D eigenvalue weighted by Gasteiger charge is 2.18. The molecule has 0 aliphatic rings. The van der Waals surface area contributed by atoms with Crippen LogP contribution in [0.1, 0.15) is 10.4 Å². The molecule has 0 aliphatic carbocycles. The van der Waals surface area contributed by atoms with Crippen molar-refractivity contribution in [2.24, 2.45) is 0 Å². The molecule has 1 aromatic carbocycles. The van der Waals surface area contributed by atoms with Crippen LogP contribution in [-0.2, 0) is 0 Å². The van der Waals surface area contributed by atoms with Crippen LogP contribution >= 0.6 is 23.2 Å². The van der Waals surface area contributed by atoms with Crippen molar-refractivity contribution < 1.29 is 14.5 Å². The van der Waals surface area contributed by atoms with Crippen molar-refractivity contribution in [1.29, 1.82) is 0 Å². The number of halogens is 2. The highest BCUT2D eigenvalue weighted by Crippen LogP contribution is 2.24. The number of benzene rings is 1. The lowest BCUT2D eigenvalue weighted by Crippen LogP contribution is -2.13. The van der Waals surface area contributed by atoms with Crippen LogP contribution in [0, 0.1) is 10.1 Å². The quantitative estimate of drug-likeness (QED) is 0.476. The number of hydrogen-bond donors (Lipinski definition) is 0. The summed E-state index contributed by atoms with van der Waals surface area (Å²) in [6, 6.07) is 7.28. The zero-order chi connectivity index (χ0) is 15.4. The van der Waals surface area contributed by atoms with E-state index in [-0.39, 0.29) is 16.3 Å². The first-order chi connectivity index (χ1) is 9.99. The maximum absolute atomic E-state index is 12.0. The molecule has 0 atom stereocenters. The van der Waals surface area contributed by atoms with Crippen LogP contribution in [0.4, 0.5) is 5.82 Å². The van der Waals surface area contributed by atoms with Gasteiger partial charge >= 0.3 is 5.82 Å². The van der Waals surface area contributed by atoms with E-state index in [1.54, 1.807) is 6.07 Å². The summed E-state index contributed by atoms with van der Waals surface area (Å²) in [5.74, 6) is -0.989. The molecule has 1 heterocycles. The third kappa shape index (κ3) is 3.68. The van der Waals surface area contributed by atoms with Crippen molar-refractivity contribution in [3.05, 3.63) is 62.3 Å².